The standard InChI is InChI=1S/C20H21N/c1-3-21-20(17-12-6-4-9-15(17)2)19-14-8-11-16-10-5-7-13-18(16)19/h4-14,20-21H,3H2,1-2H3. The number of nitrogens with one attached hydrogen (secondary N) is 1. The summed E-state index contributed by atoms with van der Waals surface area (Å²) in [5, 5.41) is 6.27. The summed E-state index contributed by atoms with van der Waals surface area (Å²) >= 11 is 0. The number of fused-ring (bicyclic) bond motifs is 1. The third-order valence-electron chi connectivity index (χ3n) is 4.04. The van der Waals surface area contributed by atoms with Crippen LogP contribution in [-0.4, -0.2) is 6.54 Å². The van der Waals surface area contributed by atoms with Crippen molar-refractivity contribution in [2.75, 3.05) is 6.54 Å². The van der Waals surface area contributed by atoms with Crippen LogP contribution in [0.25, 0.3) is 10.8 Å². The quantitative estimate of drug-likeness (QED) is 0.718. The van der Waals surface area contributed by atoms with E-state index < -0.39 is 0 Å². The summed E-state index contributed by atoms with van der Waals surface area (Å²) in [6, 6.07) is 24.1. The van der Waals surface area contributed by atoms with Crippen LogP contribution in [0.5, 0.6) is 0 Å². The second kappa shape index (κ2) is 6.11. The number of benzene rings is 3. The number of hydrogen-bond donors (Lipinski definition) is 1. The van der Waals surface area contributed by atoms with Crippen LogP contribution in [0.15, 0.2) is 66.7 Å². The SMILES string of the molecule is CCNC(c1ccccc1C)c1cccc2ccccc12. The summed E-state index contributed by atoms with van der Waals surface area (Å²) in [7, 11) is 0. The topological polar surface area (TPSA) is 12.0 Å². The van der Waals surface area contributed by atoms with Gasteiger partial charge >= 0.3 is 0 Å². The van der Waals surface area contributed by atoms with Gasteiger partial charge < -0.3 is 5.32 Å². The van der Waals surface area contributed by atoms with Crippen LogP contribution in [-0.2, 0) is 0 Å². The molecule has 0 radical (unpaired) electrons. The zero-order valence-electron chi connectivity index (χ0n) is 12.6. The maximum Gasteiger partial charge on any atom is 0.0585 e. The van der Waals surface area contributed by atoms with E-state index in [1.165, 1.54) is 27.5 Å². The third-order valence-corrected chi connectivity index (χ3v) is 4.04. The van der Waals surface area contributed by atoms with Crippen molar-refractivity contribution in [3.63, 3.8) is 0 Å². The molecule has 0 amide bonds. The van der Waals surface area contributed by atoms with Crippen molar-refractivity contribution in [2.45, 2.75) is 19.9 Å². The minimum atomic E-state index is 0.238. The Kier molecular flexibility index (Phi) is 4.03. The van der Waals surface area contributed by atoms with E-state index in [1.54, 1.807) is 0 Å². The first-order valence-corrected chi connectivity index (χ1v) is 7.58. The molecule has 1 heteroatoms. The van der Waals surface area contributed by atoms with Crippen LogP contribution in [0.2, 0.25) is 0 Å². The molecule has 0 aromatic heterocycles. The molecule has 0 spiro atoms. The van der Waals surface area contributed by atoms with Gasteiger partial charge in [0.05, 0.1) is 6.04 Å². The van der Waals surface area contributed by atoms with Gasteiger partial charge in [-0.3, -0.25) is 0 Å². The van der Waals surface area contributed by atoms with Gasteiger partial charge in [-0.2, -0.15) is 0 Å². The second-order valence-corrected chi connectivity index (χ2v) is 5.42. The van der Waals surface area contributed by atoms with E-state index in [0.29, 0.717) is 0 Å². The molecular weight excluding hydrogens is 254 g/mol. The van der Waals surface area contributed by atoms with Gasteiger partial charge in [0.2, 0.25) is 0 Å². The Bertz CT molecular complexity index is 740. The molecule has 0 aliphatic heterocycles. The molecule has 3 aromatic carbocycles. The number of hydrogen-bond acceptors (Lipinski definition) is 1. The van der Waals surface area contributed by atoms with Crippen LogP contribution < -0.4 is 5.32 Å². The van der Waals surface area contributed by atoms with E-state index in [2.05, 4.69) is 85.9 Å². The van der Waals surface area contributed by atoms with Crippen LogP contribution in [0.4, 0.5) is 0 Å². The molecule has 1 unspecified atom stereocenters. The van der Waals surface area contributed by atoms with Crippen molar-refractivity contribution in [1.82, 2.24) is 5.32 Å². The molecular formula is C20H21N. The van der Waals surface area contributed by atoms with E-state index in [1.807, 2.05) is 0 Å². The van der Waals surface area contributed by atoms with Gasteiger partial charge in [0.1, 0.15) is 0 Å². The minimum absolute atomic E-state index is 0.238. The van der Waals surface area contributed by atoms with Crippen molar-refractivity contribution in [3.05, 3.63) is 83.4 Å². The van der Waals surface area contributed by atoms with E-state index in [4.69, 9.17) is 0 Å². The van der Waals surface area contributed by atoms with Crippen LogP contribution in [0.3, 0.4) is 0 Å². The zero-order valence-corrected chi connectivity index (χ0v) is 12.6. The highest BCUT2D eigenvalue weighted by atomic mass is 14.9. The summed E-state index contributed by atoms with van der Waals surface area (Å²) in [5.74, 6) is 0. The Morgan fingerprint density at radius 1 is 0.810 bits per heavy atom. The van der Waals surface area contributed by atoms with Gasteiger partial charge in [0.15, 0.2) is 0 Å². The van der Waals surface area contributed by atoms with Gasteiger partial charge in [0.25, 0.3) is 0 Å². The lowest BCUT2D eigenvalue weighted by Gasteiger charge is -2.22. The lowest BCUT2D eigenvalue weighted by atomic mass is 9.91. The van der Waals surface area contributed by atoms with Gasteiger partial charge in [0, 0.05) is 0 Å². The maximum absolute atomic E-state index is 3.65. The molecule has 0 aliphatic rings. The first kappa shape index (κ1) is 13.8. The lowest BCUT2D eigenvalue weighted by Crippen LogP contribution is -2.23. The van der Waals surface area contributed by atoms with E-state index in [-0.39, 0.29) is 6.04 Å². The highest BCUT2D eigenvalue weighted by Crippen LogP contribution is 2.30. The molecule has 0 heterocycles. The Balaban J connectivity index is 2.19. The lowest BCUT2D eigenvalue weighted by molar-refractivity contribution is 0.631. The van der Waals surface area contributed by atoms with Crippen LogP contribution >= 0.6 is 0 Å². The van der Waals surface area contributed by atoms with E-state index in [0.717, 1.165) is 6.54 Å². The number of aryl methyl sites for hydroxylation is 1. The average molecular weight is 275 g/mol. The second-order valence-electron chi connectivity index (χ2n) is 5.42. The fourth-order valence-electron chi connectivity index (χ4n) is 3.00. The predicted octanol–water partition coefficient (Wildman–Crippen LogP) is 4.85. The normalized spacial score (nSPS) is 12.5. The van der Waals surface area contributed by atoms with E-state index >= 15 is 0 Å². The van der Waals surface area contributed by atoms with Gasteiger partial charge in [-0.15, -0.1) is 0 Å². The van der Waals surface area contributed by atoms with Crippen molar-refractivity contribution < 1.29 is 0 Å². The fourth-order valence-corrected chi connectivity index (χ4v) is 3.00. The largest absolute Gasteiger partial charge is 0.307 e. The molecule has 3 aromatic rings. The Morgan fingerprint density at radius 2 is 1.48 bits per heavy atom. The van der Waals surface area contributed by atoms with E-state index in [9.17, 15) is 0 Å². The van der Waals surface area contributed by atoms with Gasteiger partial charge in [-0.05, 0) is 40.9 Å². The highest BCUT2D eigenvalue weighted by Gasteiger charge is 2.16. The van der Waals surface area contributed by atoms with Crippen molar-refractivity contribution in [1.29, 1.82) is 0 Å². The molecule has 3 rings (SSSR count). The monoisotopic (exact) mass is 275 g/mol. The first-order chi connectivity index (χ1) is 10.3. The molecule has 21 heavy (non-hydrogen) atoms. The molecule has 0 bridgehead atoms. The molecule has 1 nitrogen and oxygen atoms in total. The average Bonchev–Trinajstić information content (AvgIpc) is 2.53. The van der Waals surface area contributed by atoms with Crippen molar-refractivity contribution in [2.24, 2.45) is 0 Å². The minimum Gasteiger partial charge on any atom is -0.307 e. The summed E-state index contributed by atoms with van der Waals surface area (Å²) in [6.45, 7) is 5.30. The molecule has 106 valence electrons. The van der Waals surface area contributed by atoms with Crippen molar-refractivity contribution in [3.8, 4) is 0 Å². The van der Waals surface area contributed by atoms with Crippen molar-refractivity contribution >= 4 is 10.8 Å². The smallest absolute Gasteiger partial charge is 0.0585 e. The third kappa shape index (κ3) is 2.70. The summed E-state index contributed by atoms with van der Waals surface area (Å²) in [6.07, 6.45) is 0. The predicted molar refractivity (Wildman–Crippen MR) is 90.6 cm³/mol. The Labute approximate surface area is 126 Å². The first-order valence-electron chi connectivity index (χ1n) is 7.58. The van der Waals surface area contributed by atoms with Crippen LogP contribution in [0, 0.1) is 6.92 Å². The molecule has 0 fully saturated rings. The molecule has 0 aliphatic carbocycles. The maximum atomic E-state index is 3.65. The summed E-state index contributed by atoms with van der Waals surface area (Å²) in [4.78, 5) is 0. The van der Waals surface area contributed by atoms with Gasteiger partial charge in [-0.25, -0.2) is 0 Å². The Hall–Kier alpha value is -2.12. The fraction of sp³-hybridized carbons (Fsp3) is 0.200. The zero-order chi connectivity index (χ0) is 14.7. The van der Waals surface area contributed by atoms with Gasteiger partial charge in [-0.1, -0.05) is 73.7 Å². The summed E-state index contributed by atoms with van der Waals surface area (Å²) < 4.78 is 0. The highest BCUT2D eigenvalue weighted by molar-refractivity contribution is 5.86. The molecule has 0 saturated heterocycles. The molecule has 1 N–H and O–H groups in total. The summed E-state index contributed by atoms with van der Waals surface area (Å²) in [5.41, 5.74) is 4.04. The molecule has 1 atom stereocenters. The van der Waals surface area contributed by atoms with Crippen LogP contribution in [0.1, 0.15) is 29.7 Å². The number of rotatable bonds is 4. The molecule has 0 saturated carbocycles. The Morgan fingerprint density at radius 3 is 2.29 bits per heavy atom.